The van der Waals surface area contributed by atoms with E-state index in [0.717, 1.165) is 44.5 Å². The van der Waals surface area contributed by atoms with Crippen molar-refractivity contribution in [2.45, 2.75) is 92.9 Å². The topological polar surface area (TPSA) is 51.2 Å². The molecule has 0 N–H and O–H groups in total. The van der Waals surface area contributed by atoms with Gasteiger partial charge in [-0.15, -0.1) is 0 Å². The van der Waals surface area contributed by atoms with E-state index in [9.17, 15) is 13.2 Å². The minimum absolute atomic E-state index is 0.0983. The van der Waals surface area contributed by atoms with E-state index in [2.05, 4.69) is 53.7 Å². The highest BCUT2D eigenvalue weighted by Gasteiger charge is 2.18. The first-order chi connectivity index (χ1) is 21.9. The Labute approximate surface area is 283 Å². The number of hydrogen-bond donors (Lipinski definition) is 0. The van der Waals surface area contributed by atoms with Crippen LogP contribution in [-0.4, -0.2) is 14.2 Å². The van der Waals surface area contributed by atoms with Crippen LogP contribution in [0.15, 0.2) is 94.7 Å². The van der Waals surface area contributed by atoms with Crippen LogP contribution in [0.5, 0.6) is 0 Å². The molecule has 0 radical (unpaired) electrons. The average Bonchev–Trinajstić information content (AvgIpc) is 3.02. The molecule has 0 amide bonds. The van der Waals surface area contributed by atoms with Crippen LogP contribution in [0, 0.1) is 83.1 Å². The van der Waals surface area contributed by atoms with Crippen molar-refractivity contribution in [1.82, 2.24) is 0 Å². The Bertz CT molecular complexity index is 1870. The molecular weight excluding hydrogens is 597 g/mol. The van der Waals surface area contributed by atoms with Crippen molar-refractivity contribution < 1.29 is 13.2 Å². The summed E-state index contributed by atoms with van der Waals surface area (Å²) >= 11 is 0. The molecule has 0 unspecified atom stereocenters. The largest absolute Gasteiger partial charge is 0.289 e. The second-order valence-electron chi connectivity index (χ2n) is 12.9. The van der Waals surface area contributed by atoms with E-state index in [1.807, 2.05) is 90.1 Å². The lowest BCUT2D eigenvalue weighted by Crippen LogP contribution is -2.03. The molecule has 5 aromatic carbocycles. The zero-order chi connectivity index (χ0) is 35.2. The first kappa shape index (κ1) is 37.2. The summed E-state index contributed by atoms with van der Waals surface area (Å²) in [5.41, 5.74) is 16.0. The van der Waals surface area contributed by atoms with Gasteiger partial charge in [0.15, 0.2) is 5.78 Å². The third-order valence-electron chi connectivity index (χ3n) is 9.23. The molecular formula is C43H50O3S. The lowest BCUT2D eigenvalue weighted by atomic mass is 9.97. The fourth-order valence-electron chi connectivity index (χ4n) is 4.94. The van der Waals surface area contributed by atoms with Gasteiger partial charge in [0.1, 0.15) is 0 Å². The lowest BCUT2D eigenvalue weighted by Gasteiger charge is -2.09. The maximum absolute atomic E-state index is 12.6. The van der Waals surface area contributed by atoms with Crippen molar-refractivity contribution in [2.75, 3.05) is 0 Å². The van der Waals surface area contributed by atoms with Crippen LogP contribution in [0.25, 0.3) is 0 Å². The molecule has 0 saturated carbocycles. The van der Waals surface area contributed by atoms with Crippen molar-refractivity contribution in [2.24, 2.45) is 0 Å². The summed E-state index contributed by atoms with van der Waals surface area (Å²) < 4.78 is 25.1. The zero-order valence-electron chi connectivity index (χ0n) is 30.2. The second-order valence-corrected chi connectivity index (χ2v) is 14.9. The molecule has 0 aliphatic carbocycles. The molecule has 0 atom stereocenters. The number of hydrogen-bond acceptors (Lipinski definition) is 3. The van der Waals surface area contributed by atoms with Gasteiger partial charge < -0.3 is 0 Å². The molecule has 0 saturated heterocycles. The van der Waals surface area contributed by atoms with Crippen molar-refractivity contribution >= 4 is 15.6 Å². The number of carbonyl (C=O) groups is 1. The second kappa shape index (κ2) is 15.5. The highest BCUT2D eigenvalue weighted by atomic mass is 32.2. The average molecular weight is 647 g/mol. The zero-order valence-corrected chi connectivity index (χ0v) is 31.0. The summed E-state index contributed by atoms with van der Waals surface area (Å²) in [6.45, 7) is 24.6. The van der Waals surface area contributed by atoms with Gasteiger partial charge in [-0.1, -0.05) is 48.5 Å². The normalized spacial score (nSPS) is 10.8. The predicted molar refractivity (Wildman–Crippen MR) is 198 cm³/mol. The molecule has 3 nitrogen and oxygen atoms in total. The SMILES string of the molecule is Cc1cc(C)c(C)cc1C.Cc1ccc(C(=O)c2ccc(C)c(C)c2)cc1C.Cc1ccc(S(=O)(=O)c2ccc(C)c(C)c2)cc1C. The molecule has 0 fully saturated rings. The monoisotopic (exact) mass is 646 g/mol. The summed E-state index contributed by atoms with van der Waals surface area (Å²) in [7, 11) is -3.42. The van der Waals surface area contributed by atoms with E-state index in [1.54, 1.807) is 24.3 Å². The van der Waals surface area contributed by atoms with Crippen LogP contribution in [0.2, 0.25) is 0 Å². The molecule has 246 valence electrons. The molecule has 4 heteroatoms. The van der Waals surface area contributed by atoms with Crippen molar-refractivity contribution in [3.63, 3.8) is 0 Å². The Hall–Kier alpha value is -4.28. The Morgan fingerprint density at radius 3 is 0.872 bits per heavy atom. The minimum Gasteiger partial charge on any atom is -0.289 e. The van der Waals surface area contributed by atoms with Gasteiger partial charge in [-0.3, -0.25) is 4.79 Å². The Kier molecular flexibility index (Phi) is 12.3. The lowest BCUT2D eigenvalue weighted by molar-refractivity contribution is 0.103. The third-order valence-corrected chi connectivity index (χ3v) is 11.0. The molecule has 47 heavy (non-hydrogen) atoms. The van der Waals surface area contributed by atoms with Crippen molar-refractivity contribution in [3.8, 4) is 0 Å². The van der Waals surface area contributed by atoms with E-state index in [-0.39, 0.29) is 5.78 Å². The van der Waals surface area contributed by atoms with Gasteiger partial charge >= 0.3 is 0 Å². The van der Waals surface area contributed by atoms with Crippen LogP contribution in [0.1, 0.15) is 82.7 Å². The fourth-order valence-corrected chi connectivity index (χ4v) is 6.37. The smallest absolute Gasteiger partial charge is 0.206 e. The molecule has 5 aromatic rings. The Morgan fingerprint density at radius 1 is 0.340 bits per heavy atom. The number of sulfone groups is 1. The molecule has 0 aromatic heterocycles. The predicted octanol–water partition coefficient (Wildman–Crippen LogP) is 10.8. The minimum atomic E-state index is -3.42. The first-order valence-electron chi connectivity index (χ1n) is 16.1. The standard InChI is InChI=1S/C17H18O.C16H18O2S.C10H14/c1-11-5-7-15(9-13(11)3)17(18)16-8-6-12(2)14(4)10-16;1-11-5-7-15(9-13(11)3)19(17,18)16-8-6-12(2)14(4)10-16;1-7-5-9(3)10(4)6-8(7)2/h5-10H,1-4H3;5-10H,1-4H3;5-6H,1-4H3. The molecule has 0 spiro atoms. The van der Waals surface area contributed by atoms with E-state index in [4.69, 9.17) is 0 Å². The van der Waals surface area contributed by atoms with Gasteiger partial charge in [-0.05, 0) is 186 Å². The summed E-state index contributed by atoms with van der Waals surface area (Å²) in [6.07, 6.45) is 0. The molecule has 0 aliphatic heterocycles. The number of aryl methyl sites for hydroxylation is 12. The van der Waals surface area contributed by atoms with Gasteiger partial charge in [0.25, 0.3) is 0 Å². The first-order valence-corrected chi connectivity index (χ1v) is 17.5. The Morgan fingerprint density at radius 2 is 0.596 bits per heavy atom. The summed E-state index contributed by atoms with van der Waals surface area (Å²) in [5, 5.41) is 0. The van der Waals surface area contributed by atoms with Crippen LogP contribution < -0.4 is 0 Å². The highest BCUT2D eigenvalue weighted by Crippen LogP contribution is 2.25. The number of benzene rings is 5. The molecule has 5 rings (SSSR count). The van der Waals surface area contributed by atoms with Crippen LogP contribution in [-0.2, 0) is 9.84 Å². The van der Waals surface area contributed by atoms with E-state index >= 15 is 0 Å². The van der Waals surface area contributed by atoms with E-state index < -0.39 is 9.84 Å². The summed E-state index contributed by atoms with van der Waals surface area (Å²) in [5.74, 6) is 0.0983. The van der Waals surface area contributed by atoms with Gasteiger partial charge in [0.05, 0.1) is 9.79 Å². The molecule has 0 bridgehead atoms. The quantitative estimate of drug-likeness (QED) is 0.183. The molecule has 0 aliphatic rings. The van der Waals surface area contributed by atoms with Gasteiger partial charge in [0, 0.05) is 11.1 Å². The number of ketones is 1. The third kappa shape index (κ3) is 9.39. The van der Waals surface area contributed by atoms with Gasteiger partial charge in [-0.25, -0.2) is 8.42 Å². The number of carbonyl (C=O) groups excluding carboxylic acids is 1. The highest BCUT2D eigenvalue weighted by molar-refractivity contribution is 7.91. The number of rotatable bonds is 4. The maximum Gasteiger partial charge on any atom is 0.206 e. The van der Waals surface area contributed by atoms with E-state index in [1.165, 1.54) is 33.4 Å². The van der Waals surface area contributed by atoms with Gasteiger partial charge in [-0.2, -0.15) is 0 Å². The fraction of sp³-hybridized carbons (Fsp3) is 0.279. The van der Waals surface area contributed by atoms with Crippen LogP contribution in [0.4, 0.5) is 0 Å². The van der Waals surface area contributed by atoms with Crippen LogP contribution in [0.3, 0.4) is 0 Å². The maximum atomic E-state index is 12.6. The van der Waals surface area contributed by atoms with Crippen molar-refractivity contribution in [1.29, 1.82) is 0 Å². The molecule has 0 heterocycles. The van der Waals surface area contributed by atoms with E-state index in [0.29, 0.717) is 9.79 Å². The summed E-state index contributed by atoms with van der Waals surface area (Å²) in [4.78, 5) is 13.1. The van der Waals surface area contributed by atoms with Gasteiger partial charge in [0.2, 0.25) is 9.84 Å². The van der Waals surface area contributed by atoms with Crippen molar-refractivity contribution in [3.05, 3.63) is 163 Å². The summed E-state index contributed by atoms with van der Waals surface area (Å²) in [6, 6.07) is 26.7. The Balaban J connectivity index is 0.000000201. The van der Waals surface area contributed by atoms with Crippen LogP contribution >= 0.6 is 0 Å².